The van der Waals surface area contributed by atoms with E-state index < -0.39 is 37.4 Å². The van der Waals surface area contributed by atoms with Crippen molar-refractivity contribution >= 4 is 19.7 Å². The number of halogens is 7. The van der Waals surface area contributed by atoms with Crippen LogP contribution in [0, 0.1) is 0 Å². The Labute approximate surface area is 137 Å². The molecule has 0 heterocycles. The first-order valence-corrected chi connectivity index (χ1v) is 8.44. The molecule has 2 nitrogen and oxygen atoms in total. The monoisotopic (exact) mass is 388 g/mol. The Balaban J connectivity index is 2.72. The van der Waals surface area contributed by atoms with Gasteiger partial charge in [-0.3, -0.25) is 0 Å². The smallest absolute Gasteiger partial charge is 0.207 e. The molecule has 10 heteroatoms. The van der Waals surface area contributed by atoms with Crippen LogP contribution in [0.15, 0.2) is 47.4 Å². The molecule has 0 atom stereocenters. The van der Waals surface area contributed by atoms with Gasteiger partial charge in [-0.2, -0.15) is 26.3 Å². The molecule has 0 aliphatic carbocycles. The lowest BCUT2D eigenvalue weighted by Crippen LogP contribution is -2.08. The lowest BCUT2D eigenvalue weighted by molar-refractivity contribution is -0.138. The highest BCUT2D eigenvalue weighted by Crippen LogP contribution is 2.38. The highest BCUT2D eigenvalue weighted by atomic mass is 35.7. The van der Waals surface area contributed by atoms with Crippen LogP contribution >= 0.6 is 10.7 Å². The van der Waals surface area contributed by atoms with Gasteiger partial charge in [0.15, 0.2) is 0 Å². The van der Waals surface area contributed by atoms with Crippen LogP contribution in [0.2, 0.25) is 0 Å². The zero-order chi connectivity index (χ0) is 18.3. The Hall–Kier alpha value is -1.74. The van der Waals surface area contributed by atoms with Crippen molar-refractivity contribution in [1.29, 1.82) is 0 Å². The molecule has 0 amide bonds. The highest BCUT2D eigenvalue weighted by molar-refractivity contribution is 8.13. The number of alkyl halides is 6. The number of hydrogen-bond acceptors (Lipinski definition) is 2. The summed E-state index contributed by atoms with van der Waals surface area (Å²) in [6.07, 6.45) is -9.52. The van der Waals surface area contributed by atoms with Gasteiger partial charge in [0.2, 0.25) is 0 Å². The molecule has 0 radical (unpaired) electrons. The second-order valence-corrected chi connectivity index (χ2v) is 7.26. The van der Waals surface area contributed by atoms with Gasteiger partial charge < -0.3 is 0 Å². The van der Waals surface area contributed by atoms with Crippen molar-refractivity contribution in [3.05, 3.63) is 53.6 Å². The van der Waals surface area contributed by atoms with E-state index >= 15 is 0 Å². The first kappa shape index (κ1) is 18.6. The minimum absolute atomic E-state index is 0.224. The first-order valence-electron chi connectivity index (χ1n) is 6.14. The largest absolute Gasteiger partial charge is 0.416 e. The van der Waals surface area contributed by atoms with E-state index in [4.69, 9.17) is 10.7 Å². The molecular weight excluding hydrogens is 382 g/mol. The number of benzene rings is 2. The minimum Gasteiger partial charge on any atom is -0.207 e. The predicted molar refractivity (Wildman–Crippen MR) is 74.9 cm³/mol. The van der Waals surface area contributed by atoms with Crippen molar-refractivity contribution < 1.29 is 34.8 Å². The zero-order valence-corrected chi connectivity index (χ0v) is 13.0. The average molecular weight is 389 g/mol. The normalized spacial score (nSPS) is 13.1. The van der Waals surface area contributed by atoms with Crippen molar-refractivity contribution in [1.82, 2.24) is 0 Å². The van der Waals surface area contributed by atoms with Gasteiger partial charge >= 0.3 is 12.4 Å². The molecule has 0 fully saturated rings. The van der Waals surface area contributed by atoms with Crippen LogP contribution < -0.4 is 0 Å². The van der Waals surface area contributed by atoms with E-state index in [1.54, 1.807) is 0 Å². The third kappa shape index (κ3) is 4.02. The van der Waals surface area contributed by atoms with Crippen LogP contribution in [0.4, 0.5) is 26.3 Å². The van der Waals surface area contributed by atoms with E-state index in [0.29, 0.717) is 12.1 Å². The van der Waals surface area contributed by atoms with Crippen molar-refractivity contribution in [3.8, 4) is 11.1 Å². The summed E-state index contributed by atoms with van der Waals surface area (Å²) in [5.41, 5.74) is -2.93. The summed E-state index contributed by atoms with van der Waals surface area (Å²) in [7, 11) is 0.526. The molecule has 2 aromatic carbocycles. The van der Waals surface area contributed by atoms with Gasteiger partial charge in [-0.05, 0) is 29.8 Å². The predicted octanol–water partition coefficient (Wildman–Crippen LogP) is 5.32. The summed E-state index contributed by atoms with van der Waals surface area (Å²) < 4.78 is 99.5. The van der Waals surface area contributed by atoms with Crippen molar-refractivity contribution in [3.63, 3.8) is 0 Å². The fourth-order valence-corrected chi connectivity index (χ4v) is 3.10. The maximum Gasteiger partial charge on any atom is 0.416 e. The summed E-state index contributed by atoms with van der Waals surface area (Å²) in [6, 6.07) is 5.17. The molecule has 0 unspecified atom stereocenters. The standard InChI is InChI=1S/C14H7ClF6O2S/c15-24(22,23)12-7-10(14(19,20)21)4-5-11(12)8-2-1-3-9(6-8)13(16,17)18/h1-7H. The molecule has 0 N–H and O–H groups in total. The van der Waals surface area contributed by atoms with E-state index in [2.05, 4.69) is 0 Å². The van der Waals surface area contributed by atoms with Crippen molar-refractivity contribution in [2.75, 3.05) is 0 Å². The average Bonchev–Trinajstić information content (AvgIpc) is 2.44. The Morgan fingerprint density at radius 3 is 1.83 bits per heavy atom. The van der Waals surface area contributed by atoms with Crippen LogP contribution in [0.1, 0.15) is 11.1 Å². The Kier molecular flexibility index (Phi) is 4.62. The Bertz CT molecular complexity index is 872. The van der Waals surface area contributed by atoms with Gasteiger partial charge in [0.25, 0.3) is 9.05 Å². The SMILES string of the molecule is O=S(=O)(Cl)c1cc(C(F)(F)F)ccc1-c1cccc(C(F)(F)F)c1. The summed E-state index contributed by atoms with van der Waals surface area (Å²) in [5, 5.41) is 0. The van der Waals surface area contributed by atoms with Crippen LogP contribution in [0.5, 0.6) is 0 Å². The maximum absolute atomic E-state index is 12.7. The fraction of sp³-hybridized carbons (Fsp3) is 0.143. The maximum atomic E-state index is 12.7. The minimum atomic E-state index is -4.83. The summed E-state index contributed by atoms with van der Waals surface area (Å²) >= 11 is 0. The topological polar surface area (TPSA) is 34.1 Å². The van der Waals surface area contributed by atoms with Crippen molar-refractivity contribution in [2.45, 2.75) is 17.2 Å². The molecule has 0 bridgehead atoms. The third-order valence-electron chi connectivity index (χ3n) is 3.07. The fourth-order valence-electron chi connectivity index (χ4n) is 2.00. The lowest BCUT2D eigenvalue weighted by Gasteiger charge is -2.13. The van der Waals surface area contributed by atoms with Gasteiger partial charge in [0, 0.05) is 16.2 Å². The van der Waals surface area contributed by atoms with Crippen LogP contribution in [-0.2, 0) is 21.4 Å². The van der Waals surface area contributed by atoms with Crippen LogP contribution in [-0.4, -0.2) is 8.42 Å². The highest BCUT2D eigenvalue weighted by Gasteiger charge is 2.34. The molecular formula is C14H7ClF6O2S. The number of hydrogen-bond donors (Lipinski definition) is 0. The van der Waals surface area contributed by atoms with E-state index in [0.717, 1.165) is 24.3 Å². The Morgan fingerprint density at radius 2 is 1.33 bits per heavy atom. The van der Waals surface area contributed by atoms with Crippen LogP contribution in [0.25, 0.3) is 11.1 Å². The summed E-state index contributed by atoms with van der Waals surface area (Å²) in [6.45, 7) is 0. The quantitative estimate of drug-likeness (QED) is 0.515. The molecule has 0 aliphatic rings. The molecule has 0 aromatic heterocycles. The molecule has 130 valence electrons. The molecule has 0 spiro atoms. The Morgan fingerprint density at radius 1 is 0.792 bits per heavy atom. The second kappa shape index (κ2) is 5.96. The van der Waals surface area contributed by atoms with E-state index in [1.165, 1.54) is 0 Å². The van der Waals surface area contributed by atoms with Crippen LogP contribution in [0.3, 0.4) is 0 Å². The molecule has 0 aliphatic heterocycles. The van der Waals surface area contributed by atoms with E-state index in [9.17, 15) is 34.8 Å². The lowest BCUT2D eigenvalue weighted by atomic mass is 10.0. The summed E-state index contributed by atoms with van der Waals surface area (Å²) in [5.74, 6) is 0. The molecule has 0 saturated heterocycles. The van der Waals surface area contributed by atoms with Gasteiger partial charge in [-0.25, -0.2) is 8.42 Å². The second-order valence-electron chi connectivity index (χ2n) is 4.73. The molecule has 2 rings (SSSR count). The third-order valence-corrected chi connectivity index (χ3v) is 4.43. The zero-order valence-electron chi connectivity index (χ0n) is 11.4. The van der Waals surface area contributed by atoms with Gasteiger partial charge in [0.05, 0.1) is 16.0 Å². The van der Waals surface area contributed by atoms with E-state index in [1.807, 2.05) is 0 Å². The van der Waals surface area contributed by atoms with Gasteiger partial charge in [-0.1, -0.05) is 18.2 Å². The van der Waals surface area contributed by atoms with Crippen molar-refractivity contribution in [2.24, 2.45) is 0 Å². The van der Waals surface area contributed by atoms with E-state index in [-0.39, 0.29) is 17.2 Å². The van der Waals surface area contributed by atoms with Gasteiger partial charge in [0.1, 0.15) is 0 Å². The summed E-state index contributed by atoms with van der Waals surface area (Å²) in [4.78, 5) is -0.918. The van der Waals surface area contributed by atoms with Gasteiger partial charge in [-0.15, -0.1) is 0 Å². The molecule has 2 aromatic rings. The molecule has 0 saturated carbocycles. The first-order chi connectivity index (χ1) is 10.8. The number of rotatable bonds is 2. The molecule has 24 heavy (non-hydrogen) atoms.